The molecule has 0 saturated carbocycles. The maximum absolute atomic E-state index is 12.1. The van der Waals surface area contributed by atoms with Crippen LogP contribution in [0.5, 0.6) is 0 Å². The second-order valence-electron chi connectivity index (χ2n) is 5.55. The maximum atomic E-state index is 12.1. The zero-order chi connectivity index (χ0) is 18.2. The van der Waals surface area contributed by atoms with Gasteiger partial charge in [0.15, 0.2) is 0 Å². The maximum Gasteiger partial charge on any atom is 0.237 e. The highest BCUT2D eigenvalue weighted by molar-refractivity contribution is 8.01. The van der Waals surface area contributed by atoms with Crippen LogP contribution in [0.25, 0.3) is 0 Å². The molecule has 0 aromatic heterocycles. The van der Waals surface area contributed by atoms with Crippen LogP contribution in [-0.2, 0) is 16.0 Å². The van der Waals surface area contributed by atoms with Gasteiger partial charge in [-0.25, -0.2) is 0 Å². The minimum absolute atomic E-state index is 0.125. The van der Waals surface area contributed by atoms with Crippen molar-refractivity contribution < 1.29 is 9.59 Å². The largest absolute Gasteiger partial charge is 0.325 e. The third-order valence-electron chi connectivity index (χ3n) is 3.59. The monoisotopic (exact) mass is 376 g/mol. The number of carbonyl (C=O) groups is 2. The molecule has 2 aromatic carbocycles. The van der Waals surface area contributed by atoms with Crippen LogP contribution in [0.3, 0.4) is 0 Å². The average Bonchev–Trinajstić information content (AvgIpc) is 2.62. The second kappa shape index (κ2) is 9.49. The molecule has 132 valence electrons. The van der Waals surface area contributed by atoms with E-state index in [4.69, 9.17) is 11.6 Å². The number of nitrogens with one attached hydrogen (secondary N) is 2. The van der Waals surface area contributed by atoms with E-state index in [0.29, 0.717) is 10.7 Å². The van der Waals surface area contributed by atoms with Crippen LogP contribution < -0.4 is 10.6 Å². The fraction of sp³-hybridized carbons (Fsp3) is 0.263. The number of hydrogen-bond donors (Lipinski definition) is 2. The lowest BCUT2D eigenvalue weighted by Crippen LogP contribution is -2.25. The Bertz CT molecular complexity index is 717. The van der Waals surface area contributed by atoms with Gasteiger partial charge in [-0.1, -0.05) is 30.7 Å². The molecule has 2 rings (SSSR count). The van der Waals surface area contributed by atoms with E-state index in [1.54, 1.807) is 31.2 Å². The summed E-state index contributed by atoms with van der Waals surface area (Å²) in [6, 6.07) is 14.7. The SMILES string of the molecule is CCc1ccc(NC(=O)CS[C@@H](C)C(=O)Nc2ccc(Cl)cc2)cc1. The average molecular weight is 377 g/mol. The van der Waals surface area contributed by atoms with E-state index in [9.17, 15) is 9.59 Å². The molecule has 1 atom stereocenters. The predicted molar refractivity (Wildman–Crippen MR) is 106 cm³/mol. The summed E-state index contributed by atoms with van der Waals surface area (Å²) >= 11 is 7.11. The van der Waals surface area contributed by atoms with Crippen LogP contribution in [0.2, 0.25) is 5.02 Å². The Morgan fingerprint density at radius 1 is 1.00 bits per heavy atom. The molecule has 0 fully saturated rings. The Morgan fingerprint density at radius 3 is 2.16 bits per heavy atom. The molecule has 0 spiro atoms. The molecule has 2 amide bonds. The molecule has 0 aliphatic heterocycles. The van der Waals surface area contributed by atoms with Crippen LogP contribution >= 0.6 is 23.4 Å². The van der Waals surface area contributed by atoms with E-state index < -0.39 is 0 Å². The van der Waals surface area contributed by atoms with Crippen LogP contribution in [-0.4, -0.2) is 22.8 Å². The van der Waals surface area contributed by atoms with Crippen molar-refractivity contribution in [2.45, 2.75) is 25.5 Å². The zero-order valence-corrected chi connectivity index (χ0v) is 15.8. The van der Waals surface area contributed by atoms with Crippen molar-refractivity contribution in [2.24, 2.45) is 0 Å². The number of carbonyl (C=O) groups excluding carboxylic acids is 2. The minimum atomic E-state index is -0.344. The van der Waals surface area contributed by atoms with E-state index in [2.05, 4.69) is 17.6 Å². The van der Waals surface area contributed by atoms with E-state index in [-0.39, 0.29) is 22.8 Å². The lowest BCUT2D eigenvalue weighted by molar-refractivity contribution is -0.115. The van der Waals surface area contributed by atoms with Gasteiger partial charge in [0, 0.05) is 16.4 Å². The highest BCUT2D eigenvalue weighted by atomic mass is 35.5. The Balaban J connectivity index is 1.77. The molecule has 25 heavy (non-hydrogen) atoms. The van der Waals surface area contributed by atoms with Gasteiger partial charge in [0.25, 0.3) is 0 Å². The number of anilines is 2. The summed E-state index contributed by atoms with van der Waals surface area (Å²) in [4.78, 5) is 24.2. The first-order chi connectivity index (χ1) is 12.0. The fourth-order valence-electron chi connectivity index (χ4n) is 2.07. The summed E-state index contributed by atoms with van der Waals surface area (Å²) < 4.78 is 0. The van der Waals surface area contributed by atoms with E-state index in [1.807, 2.05) is 24.3 Å². The van der Waals surface area contributed by atoms with Crippen molar-refractivity contribution in [1.29, 1.82) is 0 Å². The van der Waals surface area contributed by atoms with Gasteiger partial charge in [0.2, 0.25) is 11.8 Å². The molecule has 4 nitrogen and oxygen atoms in total. The van der Waals surface area contributed by atoms with Crippen LogP contribution in [0.1, 0.15) is 19.4 Å². The second-order valence-corrected chi connectivity index (χ2v) is 7.31. The number of rotatable bonds is 7. The molecular weight excluding hydrogens is 356 g/mol. The molecule has 0 radical (unpaired) electrons. The first kappa shape index (κ1) is 19.3. The Kier molecular flexibility index (Phi) is 7.34. The fourth-order valence-corrected chi connectivity index (χ4v) is 2.88. The van der Waals surface area contributed by atoms with E-state index >= 15 is 0 Å². The van der Waals surface area contributed by atoms with E-state index in [0.717, 1.165) is 12.1 Å². The van der Waals surface area contributed by atoms with Gasteiger partial charge in [0.1, 0.15) is 0 Å². The Hall–Kier alpha value is -1.98. The van der Waals surface area contributed by atoms with Gasteiger partial charge in [-0.15, -0.1) is 11.8 Å². The highest BCUT2D eigenvalue weighted by Crippen LogP contribution is 2.17. The molecule has 2 aromatic rings. The van der Waals surface area contributed by atoms with Crippen molar-refractivity contribution in [1.82, 2.24) is 0 Å². The normalized spacial score (nSPS) is 11.6. The summed E-state index contributed by atoms with van der Waals surface area (Å²) in [7, 11) is 0. The predicted octanol–water partition coefficient (Wildman–Crippen LogP) is 4.60. The lowest BCUT2D eigenvalue weighted by atomic mass is 10.1. The van der Waals surface area contributed by atoms with Gasteiger partial charge in [-0.3, -0.25) is 9.59 Å². The Morgan fingerprint density at radius 2 is 1.56 bits per heavy atom. The molecule has 2 N–H and O–H groups in total. The summed E-state index contributed by atoms with van der Waals surface area (Å²) in [6.45, 7) is 3.86. The summed E-state index contributed by atoms with van der Waals surface area (Å²) in [5.41, 5.74) is 2.67. The number of benzene rings is 2. The minimum Gasteiger partial charge on any atom is -0.325 e. The summed E-state index contributed by atoms with van der Waals surface area (Å²) in [6.07, 6.45) is 0.963. The third-order valence-corrected chi connectivity index (χ3v) is 4.99. The van der Waals surface area contributed by atoms with Gasteiger partial charge in [0.05, 0.1) is 11.0 Å². The molecular formula is C19H21ClN2O2S. The number of aryl methyl sites for hydroxylation is 1. The van der Waals surface area contributed by atoms with Crippen molar-refractivity contribution >= 4 is 46.6 Å². The van der Waals surface area contributed by atoms with Crippen molar-refractivity contribution in [3.05, 3.63) is 59.1 Å². The first-order valence-corrected chi connectivity index (χ1v) is 9.47. The first-order valence-electron chi connectivity index (χ1n) is 8.04. The van der Waals surface area contributed by atoms with Gasteiger partial charge in [-0.05, 0) is 55.3 Å². The number of thioether (sulfide) groups is 1. The quantitative estimate of drug-likeness (QED) is 0.742. The molecule has 0 heterocycles. The zero-order valence-electron chi connectivity index (χ0n) is 14.2. The van der Waals surface area contributed by atoms with Crippen LogP contribution in [0.15, 0.2) is 48.5 Å². The standard InChI is InChI=1S/C19H21ClN2O2S/c1-3-14-4-8-16(9-5-14)21-18(23)12-25-13(2)19(24)22-17-10-6-15(20)7-11-17/h4-11,13H,3,12H2,1-2H3,(H,21,23)(H,22,24)/t13-/m0/s1. The molecule has 0 aliphatic rings. The van der Waals surface area contributed by atoms with Crippen LogP contribution in [0, 0.1) is 0 Å². The number of amides is 2. The molecule has 0 saturated heterocycles. The van der Waals surface area contributed by atoms with Crippen molar-refractivity contribution in [3.63, 3.8) is 0 Å². The molecule has 6 heteroatoms. The third kappa shape index (κ3) is 6.44. The number of hydrogen-bond acceptors (Lipinski definition) is 3. The van der Waals surface area contributed by atoms with Gasteiger partial charge >= 0.3 is 0 Å². The number of halogens is 1. The topological polar surface area (TPSA) is 58.2 Å². The smallest absolute Gasteiger partial charge is 0.237 e. The highest BCUT2D eigenvalue weighted by Gasteiger charge is 2.15. The molecule has 0 aliphatic carbocycles. The van der Waals surface area contributed by atoms with E-state index in [1.165, 1.54) is 17.3 Å². The van der Waals surface area contributed by atoms with Crippen molar-refractivity contribution in [3.8, 4) is 0 Å². The summed E-state index contributed by atoms with van der Waals surface area (Å²) in [5.74, 6) is -0.0575. The van der Waals surface area contributed by atoms with Gasteiger partial charge in [-0.2, -0.15) is 0 Å². The lowest BCUT2D eigenvalue weighted by Gasteiger charge is -2.12. The van der Waals surface area contributed by atoms with Gasteiger partial charge < -0.3 is 10.6 Å². The Labute approximate surface area is 157 Å². The van der Waals surface area contributed by atoms with Crippen LogP contribution in [0.4, 0.5) is 11.4 Å². The molecule has 0 unspecified atom stereocenters. The summed E-state index contributed by atoms with van der Waals surface area (Å²) in [5, 5.41) is 5.91. The van der Waals surface area contributed by atoms with Crippen molar-refractivity contribution in [2.75, 3.05) is 16.4 Å². The molecule has 0 bridgehead atoms.